The van der Waals surface area contributed by atoms with Gasteiger partial charge in [0.1, 0.15) is 13.2 Å². The lowest BCUT2D eigenvalue weighted by Gasteiger charge is -2.17. The number of rotatable bonds is 22. The van der Waals surface area contributed by atoms with E-state index in [1.165, 1.54) is 0 Å². The van der Waals surface area contributed by atoms with E-state index >= 15 is 0 Å². The molecule has 1 atom stereocenters. The van der Waals surface area contributed by atoms with Gasteiger partial charge in [-0.1, -0.05) is 67.7 Å². The van der Waals surface area contributed by atoms with Crippen LogP contribution in [0.1, 0.15) is 58.3 Å². The molecule has 0 bridgehead atoms. The first-order valence-corrected chi connectivity index (χ1v) is 14.1. The van der Waals surface area contributed by atoms with Gasteiger partial charge in [0.15, 0.2) is 6.10 Å². The highest BCUT2D eigenvalue weighted by molar-refractivity contribution is 5.92. The van der Waals surface area contributed by atoms with Gasteiger partial charge in [-0.05, 0) is 44.9 Å². The number of unbranched alkanes of at least 4 members (excludes halogenated alkanes) is 1. The summed E-state index contributed by atoms with van der Waals surface area (Å²) in [5, 5.41) is 0. The summed E-state index contributed by atoms with van der Waals surface area (Å²) < 4.78 is 24.0. The summed E-state index contributed by atoms with van der Waals surface area (Å²) in [5.41, 5.74) is 0. The summed E-state index contributed by atoms with van der Waals surface area (Å²) in [6, 6.07) is 0. The molecule has 1 unspecified atom stereocenters. The fraction of sp³-hybridized carbons (Fsp3) is 0.424. The van der Waals surface area contributed by atoms with Gasteiger partial charge in [-0.3, -0.25) is 4.79 Å². The minimum absolute atomic E-state index is 0.138. The van der Waals surface area contributed by atoms with Gasteiger partial charge in [-0.2, -0.15) is 0 Å². The molecule has 0 aliphatic heterocycles. The predicted octanol–water partition coefficient (Wildman–Crippen LogP) is 5.36. The van der Waals surface area contributed by atoms with Crippen LogP contribution in [-0.4, -0.2) is 63.4 Å². The lowest BCUT2D eigenvalue weighted by atomic mass is 10.2. The van der Waals surface area contributed by atoms with E-state index in [1.807, 2.05) is 12.2 Å². The summed E-state index contributed by atoms with van der Waals surface area (Å²) >= 11 is 0. The molecule has 0 aromatic carbocycles. The van der Waals surface area contributed by atoms with Crippen LogP contribution in [-0.2, 0) is 47.7 Å². The van der Waals surface area contributed by atoms with Gasteiger partial charge in [-0.15, -0.1) is 0 Å². The lowest BCUT2D eigenvalue weighted by molar-refractivity contribution is -0.162. The van der Waals surface area contributed by atoms with Gasteiger partial charge >= 0.3 is 29.8 Å². The molecule has 0 saturated carbocycles. The van der Waals surface area contributed by atoms with Crippen molar-refractivity contribution < 1.29 is 47.7 Å². The topological polar surface area (TPSA) is 132 Å². The van der Waals surface area contributed by atoms with Crippen LogP contribution in [0, 0.1) is 0 Å². The van der Waals surface area contributed by atoms with Crippen molar-refractivity contribution in [1.82, 2.24) is 0 Å². The maximum Gasteiger partial charge on any atom is 0.331 e. The number of allylic oxidation sites excluding steroid dienone is 10. The van der Waals surface area contributed by atoms with Crippen molar-refractivity contribution >= 4 is 29.8 Å². The Kier molecular flexibility index (Phi) is 24.8. The molecular formula is C33H44O10. The SMILES string of the molecule is CCC=CCC=CCC=CCC=CCC=CCCCC(=O)OCC(COC(=O)C=CC(=O)OC)OC(=O)C=CC(=O)OC. The Hall–Kier alpha value is -4.47. The molecule has 0 N–H and O–H groups in total. The molecule has 236 valence electrons. The number of ether oxygens (including phenoxy) is 5. The zero-order valence-electron chi connectivity index (χ0n) is 25.3. The van der Waals surface area contributed by atoms with Crippen LogP contribution in [0.4, 0.5) is 0 Å². The second kappa shape index (κ2) is 27.7. The quantitative estimate of drug-likeness (QED) is 0.0526. The molecule has 0 radical (unpaired) electrons. The third kappa shape index (κ3) is 26.2. The molecule has 10 heteroatoms. The maximum atomic E-state index is 12.1. The molecule has 0 aromatic heterocycles. The van der Waals surface area contributed by atoms with Gasteiger partial charge in [0.25, 0.3) is 0 Å². The Morgan fingerprint density at radius 2 is 1.00 bits per heavy atom. The number of methoxy groups -OCH3 is 2. The molecule has 10 nitrogen and oxygen atoms in total. The van der Waals surface area contributed by atoms with Crippen molar-refractivity contribution in [3.63, 3.8) is 0 Å². The summed E-state index contributed by atoms with van der Waals surface area (Å²) in [6.45, 7) is 1.28. The number of esters is 5. The van der Waals surface area contributed by atoms with Crippen LogP contribution < -0.4 is 0 Å². The van der Waals surface area contributed by atoms with Crippen LogP contribution in [0.15, 0.2) is 85.1 Å². The summed E-state index contributed by atoms with van der Waals surface area (Å²) in [5.74, 6) is -3.89. The van der Waals surface area contributed by atoms with Gasteiger partial charge in [0.05, 0.1) is 14.2 Å². The monoisotopic (exact) mass is 600 g/mol. The Balaban J connectivity index is 4.41. The zero-order valence-corrected chi connectivity index (χ0v) is 25.3. The van der Waals surface area contributed by atoms with Gasteiger partial charge < -0.3 is 23.7 Å². The Morgan fingerprint density at radius 1 is 0.558 bits per heavy atom. The first-order chi connectivity index (χ1) is 20.8. The van der Waals surface area contributed by atoms with Gasteiger partial charge in [-0.25, -0.2) is 19.2 Å². The average Bonchev–Trinajstić information content (AvgIpc) is 3.01. The van der Waals surface area contributed by atoms with Gasteiger partial charge in [0, 0.05) is 30.7 Å². The second-order valence-corrected chi connectivity index (χ2v) is 8.69. The predicted molar refractivity (Wildman–Crippen MR) is 162 cm³/mol. The standard InChI is InChI=1S/C33H44O10/c1-4-5-6-7-8-9-10-11-12-13-14-15-16-17-18-19-20-21-31(36)41-26-28(43-33(38)25-23-30(35)40-3)27-42-32(37)24-22-29(34)39-2/h5-6,8-9,11-12,14-15,17-18,22-25,28H,4,7,10,13,16,19-21,26-27H2,1-3H3. The third-order valence-electron chi connectivity index (χ3n) is 5.15. The average molecular weight is 601 g/mol. The number of carbonyl (C=O) groups is 5. The van der Waals surface area contributed by atoms with Crippen molar-refractivity contribution in [2.75, 3.05) is 27.4 Å². The summed E-state index contributed by atoms with van der Waals surface area (Å²) in [7, 11) is 2.29. The molecule has 0 saturated heterocycles. The number of hydrogen-bond donors (Lipinski definition) is 0. The van der Waals surface area contributed by atoms with Crippen molar-refractivity contribution in [1.29, 1.82) is 0 Å². The molecule has 0 aliphatic carbocycles. The maximum absolute atomic E-state index is 12.1. The molecular weight excluding hydrogens is 556 g/mol. The zero-order chi connectivity index (χ0) is 32.0. The van der Waals surface area contributed by atoms with Crippen LogP contribution >= 0.6 is 0 Å². The van der Waals surface area contributed by atoms with Gasteiger partial charge in [0.2, 0.25) is 0 Å². The van der Waals surface area contributed by atoms with E-state index in [0.717, 1.165) is 70.6 Å². The minimum Gasteiger partial charge on any atom is -0.466 e. The van der Waals surface area contributed by atoms with Crippen LogP contribution in [0.25, 0.3) is 0 Å². The highest BCUT2D eigenvalue weighted by Crippen LogP contribution is 2.04. The molecule has 0 amide bonds. The first-order valence-electron chi connectivity index (χ1n) is 14.1. The van der Waals surface area contributed by atoms with E-state index in [0.29, 0.717) is 12.8 Å². The highest BCUT2D eigenvalue weighted by atomic mass is 16.6. The molecule has 0 aliphatic rings. The molecule has 0 aromatic rings. The molecule has 0 rings (SSSR count). The Morgan fingerprint density at radius 3 is 1.51 bits per heavy atom. The third-order valence-corrected chi connectivity index (χ3v) is 5.15. The largest absolute Gasteiger partial charge is 0.466 e. The van der Waals surface area contributed by atoms with Crippen molar-refractivity contribution in [2.24, 2.45) is 0 Å². The van der Waals surface area contributed by atoms with E-state index < -0.39 is 42.6 Å². The Bertz CT molecular complexity index is 1040. The number of carbonyl (C=O) groups excluding carboxylic acids is 5. The normalized spacial score (nSPS) is 12.7. The highest BCUT2D eigenvalue weighted by Gasteiger charge is 2.18. The van der Waals surface area contributed by atoms with E-state index in [1.54, 1.807) is 0 Å². The first kappa shape index (κ1) is 38.5. The lowest BCUT2D eigenvalue weighted by Crippen LogP contribution is -2.30. The van der Waals surface area contributed by atoms with Crippen molar-refractivity contribution in [3.8, 4) is 0 Å². The smallest absolute Gasteiger partial charge is 0.331 e. The van der Waals surface area contributed by atoms with Crippen LogP contribution in [0.2, 0.25) is 0 Å². The minimum atomic E-state index is -1.15. The molecule has 0 heterocycles. The van der Waals surface area contributed by atoms with Crippen LogP contribution in [0.3, 0.4) is 0 Å². The molecule has 0 spiro atoms. The van der Waals surface area contributed by atoms with E-state index in [-0.39, 0.29) is 13.0 Å². The summed E-state index contributed by atoms with van der Waals surface area (Å²) in [6.07, 6.45) is 29.4. The second-order valence-electron chi connectivity index (χ2n) is 8.69. The number of hydrogen-bond acceptors (Lipinski definition) is 10. The van der Waals surface area contributed by atoms with E-state index in [2.05, 4.69) is 65.0 Å². The molecule has 0 fully saturated rings. The fourth-order valence-electron chi connectivity index (χ4n) is 2.94. The van der Waals surface area contributed by atoms with E-state index in [9.17, 15) is 24.0 Å². The fourth-order valence-corrected chi connectivity index (χ4v) is 2.94. The van der Waals surface area contributed by atoms with E-state index in [4.69, 9.17) is 14.2 Å². The summed E-state index contributed by atoms with van der Waals surface area (Å²) in [4.78, 5) is 58.1. The van der Waals surface area contributed by atoms with Crippen molar-refractivity contribution in [3.05, 3.63) is 85.1 Å². The Labute approximate surface area is 254 Å². The van der Waals surface area contributed by atoms with Crippen LogP contribution in [0.5, 0.6) is 0 Å². The van der Waals surface area contributed by atoms with Crippen molar-refractivity contribution in [2.45, 2.75) is 64.4 Å². The molecule has 43 heavy (non-hydrogen) atoms.